The van der Waals surface area contributed by atoms with Crippen LogP contribution in [-0.4, -0.2) is 20.5 Å². The summed E-state index contributed by atoms with van der Waals surface area (Å²) in [5.74, 6) is -0.266. The molecule has 0 atom stereocenters. The van der Waals surface area contributed by atoms with Gasteiger partial charge in [0, 0.05) is 10.9 Å². The molecule has 10 heteroatoms. The van der Waals surface area contributed by atoms with E-state index in [2.05, 4.69) is 19.9 Å². The minimum Gasteiger partial charge on any atom is -0.297 e. The number of halogens is 2. The predicted octanol–water partition coefficient (Wildman–Crippen LogP) is 4.59. The molecule has 0 saturated heterocycles. The summed E-state index contributed by atoms with van der Waals surface area (Å²) < 4.78 is 4.91. The molecule has 108 valence electrons. The number of thiophene rings is 1. The van der Waals surface area contributed by atoms with Crippen molar-refractivity contribution < 1.29 is 4.79 Å². The minimum atomic E-state index is -0.266. The Balaban J connectivity index is 1.81. The summed E-state index contributed by atoms with van der Waals surface area (Å²) >= 11 is 15.7. The molecular formula is C11H6Cl2N4OS3. The van der Waals surface area contributed by atoms with Gasteiger partial charge in [-0.25, -0.2) is 4.98 Å². The van der Waals surface area contributed by atoms with Gasteiger partial charge in [-0.1, -0.05) is 27.7 Å². The number of thiazole rings is 1. The minimum absolute atomic E-state index is 0.266. The molecule has 0 aliphatic heterocycles. The van der Waals surface area contributed by atoms with E-state index in [9.17, 15) is 4.79 Å². The Morgan fingerprint density at radius 2 is 2.19 bits per heavy atom. The summed E-state index contributed by atoms with van der Waals surface area (Å²) in [7, 11) is 0. The molecule has 1 amide bonds. The van der Waals surface area contributed by atoms with Gasteiger partial charge in [-0.3, -0.25) is 10.1 Å². The quantitative estimate of drug-likeness (QED) is 0.725. The SMILES string of the molecule is Cc1nnsc1C(=O)Nc1nc(-c2cc(Cl)sc2Cl)cs1. The van der Waals surface area contributed by atoms with Crippen LogP contribution < -0.4 is 5.32 Å². The Labute approximate surface area is 141 Å². The van der Waals surface area contributed by atoms with Gasteiger partial charge >= 0.3 is 0 Å². The summed E-state index contributed by atoms with van der Waals surface area (Å²) in [6.45, 7) is 1.73. The van der Waals surface area contributed by atoms with Gasteiger partial charge in [0.1, 0.15) is 9.21 Å². The Hall–Kier alpha value is -1.06. The number of aryl methyl sites for hydroxylation is 1. The largest absolute Gasteiger partial charge is 0.297 e. The van der Waals surface area contributed by atoms with Crippen LogP contribution in [0.2, 0.25) is 8.67 Å². The van der Waals surface area contributed by atoms with Crippen molar-refractivity contribution >= 4 is 68.4 Å². The van der Waals surface area contributed by atoms with Gasteiger partial charge in [-0.05, 0) is 24.5 Å². The van der Waals surface area contributed by atoms with Gasteiger partial charge in [0.05, 0.1) is 15.7 Å². The van der Waals surface area contributed by atoms with E-state index in [0.29, 0.717) is 30.1 Å². The van der Waals surface area contributed by atoms with Gasteiger partial charge in [0.15, 0.2) is 5.13 Å². The van der Waals surface area contributed by atoms with E-state index in [1.807, 2.05) is 5.38 Å². The lowest BCUT2D eigenvalue weighted by Crippen LogP contribution is -2.11. The van der Waals surface area contributed by atoms with Gasteiger partial charge in [-0.15, -0.1) is 27.8 Å². The molecule has 3 aromatic rings. The second kappa shape index (κ2) is 5.98. The zero-order chi connectivity index (χ0) is 15.0. The van der Waals surface area contributed by atoms with Gasteiger partial charge in [-0.2, -0.15) is 0 Å². The van der Waals surface area contributed by atoms with Crippen LogP contribution in [-0.2, 0) is 0 Å². The van der Waals surface area contributed by atoms with Crippen molar-refractivity contribution in [3.05, 3.63) is 30.7 Å². The number of aromatic nitrogens is 3. The summed E-state index contributed by atoms with van der Waals surface area (Å²) in [6.07, 6.45) is 0. The molecule has 0 spiro atoms. The molecule has 0 saturated carbocycles. The lowest BCUT2D eigenvalue weighted by molar-refractivity contribution is 0.103. The number of carbonyl (C=O) groups excluding carboxylic acids is 1. The zero-order valence-corrected chi connectivity index (χ0v) is 14.3. The molecule has 3 aromatic heterocycles. The standard InChI is InChI=1S/C11H6Cl2N4OS3/c1-4-8(21-17-16-4)10(18)15-11-14-6(3-19-11)5-2-7(12)20-9(5)13/h2-3H,1H3,(H,14,15,18). The summed E-state index contributed by atoms with van der Waals surface area (Å²) in [5, 5.41) is 8.84. The summed E-state index contributed by atoms with van der Waals surface area (Å²) in [6, 6.07) is 1.76. The van der Waals surface area contributed by atoms with Crippen LogP contribution in [0.3, 0.4) is 0 Å². The molecule has 0 aromatic carbocycles. The fourth-order valence-corrected chi connectivity index (χ4v) is 4.30. The Bertz CT molecular complexity index is 810. The second-order valence-electron chi connectivity index (χ2n) is 3.92. The van der Waals surface area contributed by atoms with Crippen molar-refractivity contribution in [3.63, 3.8) is 0 Å². The van der Waals surface area contributed by atoms with E-state index in [4.69, 9.17) is 23.2 Å². The molecule has 0 unspecified atom stereocenters. The molecule has 0 aliphatic carbocycles. The third-order valence-corrected chi connectivity index (χ3v) is 5.59. The first-order valence-corrected chi connectivity index (χ1v) is 8.78. The van der Waals surface area contributed by atoms with Gasteiger partial charge in [0.2, 0.25) is 0 Å². The van der Waals surface area contributed by atoms with Crippen molar-refractivity contribution in [1.29, 1.82) is 0 Å². The Morgan fingerprint density at radius 3 is 2.81 bits per heavy atom. The lowest BCUT2D eigenvalue weighted by Gasteiger charge is -1.98. The first kappa shape index (κ1) is 14.9. The van der Waals surface area contributed by atoms with Crippen LogP contribution in [0.1, 0.15) is 15.4 Å². The van der Waals surface area contributed by atoms with Crippen LogP contribution in [0.25, 0.3) is 11.3 Å². The van der Waals surface area contributed by atoms with Crippen molar-refractivity contribution in [2.75, 3.05) is 5.32 Å². The highest BCUT2D eigenvalue weighted by atomic mass is 35.5. The van der Waals surface area contributed by atoms with Crippen LogP contribution in [0.4, 0.5) is 5.13 Å². The maximum Gasteiger partial charge on any atom is 0.271 e. The van der Waals surface area contributed by atoms with Crippen molar-refractivity contribution in [1.82, 2.24) is 14.6 Å². The normalized spacial score (nSPS) is 10.8. The lowest BCUT2D eigenvalue weighted by atomic mass is 10.3. The van der Waals surface area contributed by atoms with E-state index in [-0.39, 0.29) is 5.91 Å². The number of anilines is 1. The van der Waals surface area contributed by atoms with Crippen LogP contribution >= 0.6 is 57.4 Å². The van der Waals surface area contributed by atoms with Crippen LogP contribution in [0.15, 0.2) is 11.4 Å². The van der Waals surface area contributed by atoms with E-state index >= 15 is 0 Å². The highest BCUT2D eigenvalue weighted by molar-refractivity contribution is 7.20. The second-order valence-corrected chi connectivity index (χ2v) is 7.82. The van der Waals surface area contributed by atoms with Crippen LogP contribution in [0.5, 0.6) is 0 Å². The number of carbonyl (C=O) groups is 1. The molecule has 0 radical (unpaired) electrons. The maximum atomic E-state index is 12.1. The molecule has 21 heavy (non-hydrogen) atoms. The summed E-state index contributed by atoms with van der Waals surface area (Å²) in [5.41, 5.74) is 2.04. The number of nitrogens with one attached hydrogen (secondary N) is 1. The molecule has 3 heterocycles. The molecule has 0 fully saturated rings. The summed E-state index contributed by atoms with van der Waals surface area (Å²) in [4.78, 5) is 16.9. The highest BCUT2D eigenvalue weighted by Gasteiger charge is 2.16. The van der Waals surface area contributed by atoms with Crippen molar-refractivity contribution in [3.8, 4) is 11.3 Å². The molecule has 0 bridgehead atoms. The third kappa shape index (κ3) is 3.09. The third-order valence-electron chi connectivity index (χ3n) is 2.52. The van der Waals surface area contributed by atoms with E-state index in [1.54, 1.807) is 13.0 Å². The average Bonchev–Trinajstić information content (AvgIpc) is 3.10. The fraction of sp³-hybridized carbons (Fsp3) is 0.0909. The number of amides is 1. The van der Waals surface area contributed by atoms with E-state index in [1.165, 1.54) is 22.7 Å². The fourth-order valence-electron chi connectivity index (χ4n) is 1.56. The molecule has 3 rings (SSSR count). The predicted molar refractivity (Wildman–Crippen MR) is 88.0 cm³/mol. The zero-order valence-electron chi connectivity index (χ0n) is 10.4. The topological polar surface area (TPSA) is 67.8 Å². The van der Waals surface area contributed by atoms with E-state index in [0.717, 1.165) is 17.1 Å². The highest BCUT2D eigenvalue weighted by Crippen LogP contribution is 2.39. The Kier molecular flexibility index (Phi) is 4.23. The molecular weight excluding hydrogens is 371 g/mol. The Morgan fingerprint density at radius 1 is 1.38 bits per heavy atom. The number of hydrogen-bond donors (Lipinski definition) is 1. The molecule has 0 aliphatic rings. The number of rotatable bonds is 3. The first-order valence-electron chi connectivity index (χ1n) is 5.55. The van der Waals surface area contributed by atoms with Crippen LogP contribution in [0, 0.1) is 6.92 Å². The maximum absolute atomic E-state index is 12.1. The van der Waals surface area contributed by atoms with Crippen molar-refractivity contribution in [2.45, 2.75) is 6.92 Å². The smallest absolute Gasteiger partial charge is 0.271 e. The first-order chi connectivity index (χ1) is 10.0. The van der Waals surface area contributed by atoms with Gasteiger partial charge in [0.25, 0.3) is 5.91 Å². The molecule has 1 N–H and O–H groups in total. The number of nitrogens with zero attached hydrogens (tertiary/aromatic N) is 3. The average molecular weight is 377 g/mol. The molecule has 5 nitrogen and oxygen atoms in total. The number of hydrogen-bond acceptors (Lipinski definition) is 7. The van der Waals surface area contributed by atoms with Crippen molar-refractivity contribution in [2.24, 2.45) is 0 Å². The van der Waals surface area contributed by atoms with E-state index < -0.39 is 0 Å². The van der Waals surface area contributed by atoms with Gasteiger partial charge < -0.3 is 0 Å². The monoisotopic (exact) mass is 376 g/mol.